The molecule has 2 aliphatic rings. The number of phenolic OH excluding ortho intramolecular Hbond substituents is 1. The van der Waals surface area contributed by atoms with Gasteiger partial charge in [-0.2, -0.15) is 0 Å². The molecule has 1 atom stereocenters. The number of rotatable bonds is 5. The first-order valence-electron chi connectivity index (χ1n) is 10.2. The van der Waals surface area contributed by atoms with Crippen LogP contribution in [0.15, 0.2) is 48.0 Å². The number of amides is 1. The van der Waals surface area contributed by atoms with Gasteiger partial charge in [0.05, 0.1) is 30.4 Å². The maximum atomic E-state index is 14.8. The standard InChI is InChI=1S/C23H22ClFN2O5/c24-14-5-6-18(28)16(13-14)21(29)19-20(15-3-1-2-4-17(15)25)27(23(31)22(19)30)8-7-26-9-11-32-12-10-26/h1-6,13,20,28-29H,7-12H2/t20-/m1/s1. The van der Waals surface area contributed by atoms with Crippen molar-refractivity contribution in [3.8, 4) is 5.75 Å². The van der Waals surface area contributed by atoms with Crippen molar-refractivity contribution in [3.63, 3.8) is 0 Å². The minimum absolute atomic E-state index is 0.0803. The van der Waals surface area contributed by atoms with Crippen LogP contribution in [0.5, 0.6) is 5.75 Å². The summed E-state index contributed by atoms with van der Waals surface area (Å²) in [6.07, 6.45) is 0. The summed E-state index contributed by atoms with van der Waals surface area (Å²) in [4.78, 5) is 29.3. The number of phenols is 1. The fraction of sp³-hybridized carbons (Fsp3) is 0.304. The van der Waals surface area contributed by atoms with Crippen molar-refractivity contribution < 1.29 is 28.9 Å². The molecule has 2 saturated heterocycles. The topological polar surface area (TPSA) is 90.3 Å². The average molecular weight is 461 g/mol. The molecule has 1 amide bonds. The highest BCUT2D eigenvalue weighted by Gasteiger charge is 2.47. The summed E-state index contributed by atoms with van der Waals surface area (Å²) < 4.78 is 20.1. The number of ether oxygens (including phenoxy) is 1. The van der Waals surface area contributed by atoms with Crippen LogP contribution >= 0.6 is 11.6 Å². The average Bonchev–Trinajstić information content (AvgIpc) is 3.04. The zero-order valence-corrected chi connectivity index (χ0v) is 17.9. The molecule has 2 heterocycles. The van der Waals surface area contributed by atoms with Crippen LogP contribution in [0.4, 0.5) is 4.39 Å². The van der Waals surface area contributed by atoms with Crippen molar-refractivity contribution in [1.82, 2.24) is 9.80 Å². The van der Waals surface area contributed by atoms with Crippen molar-refractivity contribution >= 4 is 29.1 Å². The molecule has 4 rings (SSSR count). The van der Waals surface area contributed by atoms with E-state index in [9.17, 15) is 24.2 Å². The van der Waals surface area contributed by atoms with Gasteiger partial charge in [-0.25, -0.2) is 4.39 Å². The zero-order valence-electron chi connectivity index (χ0n) is 17.1. The Morgan fingerprint density at radius 3 is 2.56 bits per heavy atom. The zero-order chi connectivity index (χ0) is 22.8. The van der Waals surface area contributed by atoms with Gasteiger partial charge in [-0.3, -0.25) is 14.5 Å². The number of likely N-dealkylation sites (tertiary alicyclic amines) is 1. The number of Topliss-reactive ketones (excluding diaryl/α,β-unsaturated/α-hetero) is 1. The predicted octanol–water partition coefficient (Wildman–Crippen LogP) is 2.94. The second-order valence-corrected chi connectivity index (χ2v) is 8.07. The summed E-state index contributed by atoms with van der Waals surface area (Å²) in [7, 11) is 0. The van der Waals surface area contributed by atoms with E-state index in [0.29, 0.717) is 32.8 Å². The van der Waals surface area contributed by atoms with Crippen LogP contribution in [-0.2, 0) is 14.3 Å². The van der Waals surface area contributed by atoms with Gasteiger partial charge >= 0.3 is 0 Å². The molecule has 0 spiro atoms. The lowest BCUT2D eigenvalue weighted by Crippen LogP contribution is -2.42. The second-order valence-electron chi connectivity index (χ2n) is 7.63. The van der Waals surface area contributed by atoms with E-state index in [1.807, 2.05) is 0 Å². The molecule has 2 aliphatic heterocycles. The molecule has 168 valence electrons. The van der Waals surface area contributed by atoms with Gasteiger partial charge in [-0.05, 0) is 24.3 Å². The van der Waals surface area contributed by atoms with Crippen LogP contribution < -0.4 is 0 Å². The van der Waals surface area contributed by atoms with Gasteiger partial charge in [0.25, 0.3) is 11.7 Å². The number of carbonyl (C=O) groups is 2. The largest absolute Gasteiger partial charge is 0.507 e. The summed E-state index contributed by atoms with van der Waals surface area (Å²) in [6.45, 7) is 3.13. The lowest BCUT2D eigenvalue weighted by molar-refractivity contribution is -0.140. The number of nitrogens with zero attached hydrogens (tertiary/aromatic N) is 2. The maximum Gasteiger partial charge on any atom is 0.295 e. The number of halogens is 2. The number of aromatic hydroxyl groups is 1. The summed E-state index contributed by atoms with van der Waals surface area (Å²) >= 11 is 5.99. The Morgan fingerprint density at radius 2 is 1.84 bits per heavy atom. The van der Waals surface area contributed by atoms with Gasteiger partial charge in [0.1, 0.15) is 17.3 Å². The molecule has 7 nitrogen and oxygen atoms in total. The van der Waals surface area contributed by atoms with Crippen molar-refractivity contribution in [2.45, 2.75) is 6.04 Å². The number of hydrogen-bond acceptors (Lipinski definition) is 6. The Bertz CT molecular complexity index is 1080. The van der Waals surface area contributed by atoms with Crippen LogP contribution in [0, 0.1) is 5.82 Å². The predicted molar refractivity (Wildman–Crippen MR) is 116 cm³/mol. The highest BCUT2D eigenvalue weighted by Crippen LogP contribution is 2.41. The molecular weight excluding hydrogens is 439 g/mol. The molecule has 0 unspecified atom stereocenters. The minimum Gasteiger partial charge on any atom is -0.507 e. The molecular formula is C23H22ClFN2O5. The second kappa shape index (κ2) is 9.28. The van der Waals surface area contributed by atoms with Gasteiger partial charge in [0.2, 0.25) is 0 Å². The first-order valence-corrected chi connectivity index (χ1v) is 10.6. The Balaban J connectivity index is 1.79. The smallest absolute Gasteiger partial charge is 0.295 e. The Hall–Kier alpha value is -2.94. The number of hydrogen-bond donors (Lipinski definition) is 2. The molecule has 0 aliphatic carbocycles. The molecule has 2 N–H and O–H groups in total. The molecule has 9 heteroatoms. The van der Waals surface area contributed by atoms with Gasteiger partial charge in [-0.15, -0.1) is 0 Å². The number of aliphatic hydroxyl groups is 1. The van der Waals surface area contributed by atoms with E-state index in [1.54, 1.807) is 6.07 Å². The Kier molecular flexibility index (Phi) is 6.45. The highest BCUT2D eigenvalue weighted by atomic mass is 35.5. The summed E-state index contributed by atoms with van der Waals surface area (Å²) in [5, 5.41) is 21.4. The molecule has 2 aromatic carbocycles. The van der Waals surface area contributed by atoms with Crippen LogP contribution in [0.2, 0.25) is 5.02 Å². The monoisotopic (exact) mass is 460 g/mol. The number of ketones is 1. The lowest BCUT2D eigenvalue weighted by atomic mass is 9.94. The van der Waals surface area contributed by atoms with E-state index in [2.05, 4.69) is 4.90 Å². The van der Waals surface area contributed by atoms with Gasteiger partial charge in [0, 0.05) is 36.8 Å². The van der Waals surface area contributed by atoms with E-state index < -0.39 is 29.3 Å². The number of benzene rings is 2. The molecule has 0 radical (unpaired) electrons. The van der Waals surface area contributed by atoms with Gasteiger partial charge in [-0.1, -0.05) is 29.8 Å². The fourth-order valence-corrected chi connectivity index (χ4v) is 4.22. The van der Waals surface area contributed by atoms with Crippen molar-refractivity contribution in [2.24, 2.45) is 0 Å². The van der Waals surface area contributed by atoms with E-state index in [-0.39, 0.29) is 34.0 Å². The SMILES string of the molecule is O=C1C(=O)N(CCN2CCOCC2)[C@H](c2ccccc2F)C1=C(O)c1cc(Cl)ccc1O. The van der Waals surface area contributed by atoms with E-state index >= 15 is 0 Å². The minimum atomic E-state index is -1.14. The van der Waals surface area contributed by atoms with Crippen LogP contribution in [0.1, 0.15) is 17.2 Å². The quantitative estimate of drug-likeness (QED) is 0.405. The maximum absolute atomic E-state index is 14.8. The highest BCUT2D eigenvalue weighted by molar-refractivity contribution is 6.46. The number of carbonyl (C=O) groups excluding carboxylic acids is 2. The first kappa shape index (κ1) is 22.3. The third kappa shape index (κ3) is 4.21. The normalized spacial score (nSPS) is 21.3. The molecule has 2 aromatic rings. The Labute approximate surface area is 189 Å². The summed E-state index contributed by atoms with van der Waals surface area (Å²) in [5.74, 6) is -3.33. The lowest BCUT2D eigenvalue weighted by Gasteiger charge is -2.31. The first-order chi connectivity index (χ1) is 15.4. The van der Waals surface area contributed by atoms with Crippen molar-refractivity contribution in [3.05, 3.63) is 70.0 Å². The third-order valence-electron chi connectivity index (χ3n) is 5.71. The summed E-state index contributed by atoms with van der Waals surface area (Å²) in [5.41, 5.74) is -0.318. The molecule has 2 fully saturated rings. The third-order valence-corrected chi connectivity index (χ3v) is 5.95. The van der Waals surface area contributed by atoms with Crippen LogP contribution in [0.3, 0.4) is 0 Å². The summed E-state index contributed by atoms with van der Waals surface area (Å²) in [6, 6.07) is 8.63. The number of morpholine rings is 1. The van der Waals surface area contributed by atoms with E-state index in [4.69, 9.17) is 16.3 Å². The van der Waals surface area contributed by atoms with Gasteiger partial charge < -0.3 is 19.8 Å². The fourth-order valence-electron chi connectivity index (χ4n) is 4.05. The van der Waals surface area contributed by atoms with Crippen LogP contribution in [0.25, 0.3) is 5.76 Å². The van der Waals surface area contributed by atoms with Gasteiger partial charge in [0.15, 0.2) is 0 Å². The van der Waals surface area contributed by atoms with Crippen LogP contribution in [-0.4, -0.2) is 71.1 Å². The van der Waals surface area contributed by atoms with Crippen molar-refractivity contribution in [2.75, 3.05) is 39.4 Å². The van der Waals surface area contributed by atoms with E-state index in [0.717, 1.165) is 0 Å². The Morgan fingerprint density at radius 1 is 1.12 bits per heavy atom. The molecule has 0 bridgehead atoms. The number of aliphatic hydroxyl groups excluding tert-OH is 1. The van der Waals surface area contributed by atoms with Crippen molar-refractivity contribution in [1.29, 1.82) is 0 Å². The molecule has 0 saturated carbocycles. The molecule has 0 aromatic heterocycles. The molecule has 32 heavy (non-hydrogen) atoms. The van der Waals surface area contributed by atoms with E-state index in [1.165, 1.54) is 41.3 Å².